The number of sulfonamides is 1. The Bertz CT molecular complexity index is 1690. The number of halogens is 1. The summed E-state index contributed by atoms with van der Waals surface area (Å²) < 4.78 is 42.6. The molecule has 4 aromatic rings. The van der Waals surface area contributed by atoms with Crippen LogP contribution in [-0.4, -0.2) is 48.1 Å². The topological polar surface area (TPSA) is 100 Å². The first kappa shape index (κ1) is 26.5. The molecule has 8 nitrogen and oxygen atoms in total. The van der Waals surface area contributed by atoms with Crippen LogP contribution in [0.25, 0.3) is 5.52 Å². The lowest BCUT2D eigenvalue weighted by atomic mass is 10.0. The second kappa shape index (κ2) is 10.9. The van der Waals surface area contributed by atoms with Crippen LogP contribution in [0.3, 0.4) is 0 Å². The van der Waals surface area contributed by atoms with Crippen LogP contribution < -0.4 is 5.43 Å². The van der Waals surface area contributed by atoms with Gasteiger partial charge in [0.05, 0.1) is 22.3 Å². The molecule has 0 atom stereocenters. The maximum atomic E-state index is 13.4. The molecule has 0 bridgehead atoms. The molecule has 0 spiro atoms. The van der Waals surface area contributed by atoms with E-state index in [4.69, 9.17) is 0 Å². The van der Waals surface area contributed by atoms with Gasteiger partial charge in [-0.1, -0.05) is 18.6 Å². The van der Waals surface area contributed by atoms with E-state index in [0.717, 1.165) is 19.3 Å². The molecular weight excluding hydrogens is 519 g/mol. The highest BCUT2D eigenvalue weighted by molar-refractivity contribution is 7.89. The Morgan fingerprint density at radius 1 is 0.949 bits per heavy atom. The molecular formula is C29H27FN4O4S. The number of nitrogens with zero attached hydrogens (tertiary/aromatic N) is 3. The minimum Gasteiger partial charge on any atom is -0.313 e. The number of carbonyl (C=O) groups excluding carboxylic acids is 2. The number of piperidine rings is 1. The van der Waals surface area contributed by atoms with Crippen molar-refractivity contribution in [3.8, 4) is 0 Å². The number of ketones is 1. The summed E-state index contributed by atoms with van der Waals surface area (Å²) in [7, 11) is -3.68. The van der Waals surface area contributed by atoms with Crippen LogP contribution in [-0.2, 0) is 10.0 Å². The highest BCUT2D eigenvalue weighted by Gasteiger charge is 2.26. The van der Waals surface area contributed by atoms with E-state index >= 15 is 0 Å². The summed E-state index contributed by atoms with van der Waals surface area (Å²) in [5.74, 6) is -1.27. The molecule has 1 aliphatic rings. The van der Waals surface area contributed by atoms with Crippen molar-refractivity contribution in [1.82, 2.24) is 14.1 Å². The fourth-order valence-corrected chi connectivity index (χ4v) is 6.37. The van der Waals surface area contributed by atoms with Gasteiger partial charge in [0.15, 0.2) is 0 Å². The quantitative estimate of drug-likeness (QED) is 0.209. The van der Waals surface area contributed by atoms with Gasteiger partial charge in [-0.25, -0.2) is 18.2 Å². The summed E-state index contributed by atoms with van der Waals surface area (Å²) in [5.41, 5.74) is 5.34. The van der Waals surface area contributed by atoms with Crippen molar-refractivity contribution in [1.29, 1.82) is 0 Å². The van der Waals surface area contributed by atoms with Crippen molar-refractivity contribution < 1.29 is 22.4 Å². The fraction of sp³-hybridized carbons (Fsp3) is 0.207. The number of hydrazone groups is 1. The third-order valence-electron chi connectivity index (χ3n) is 6.87. The number of hydrogen-bond acceptors (Lipinski definition) is 5. The number of carbonyl (C=O) groups is 2. The van der Waals surface area contributed by atoms with Gasteiger partial charge in [0.1, 0.15) is 5.82 Å². The van der Waals surface area contributed by atoms with Crippen molar-refractivity contribution in [3.05, 3.63) is 107 Å². The second-order valence-corrected chi connectivity index (χ2v) is 11.3. The number of pyridine rings is 1. The van der Waals surface area contributed by atoms with E-state index in [2.05, 4.69) is 10.5 Å². The standard InChI is InChI=1S/C29H27FN4O4S/c1-20-25(26-10-3-6-17-34(26)27(20)28(35)21-11-13-23(30)14-12-21)19-31-32-29(36)22-8-7-9-24(18-22)39(37,38)33-15-4-2-5-16-33/h3,6-14,17-19H,2,4-5,15-16H2,1H3,(H,32,36)/b31-19+. The molecule has 1 saturated heterocycles. The largest absolute Gasteiger partial charge is 0.313 e. The van der Waals surface area contributed by atoms with E-state index in [0.29, 0.717) is 41.0 Å². The number of rotatable bonds is 7. The lowest BCUT2D eigenvalue weighted by Gasteiger charge is -2.25. The zero-order chi connectivity index (χ0) is 27.6. The fourth-order valence-electron chi connectivity index (χ4n) is 4.81. The summed E-state index contributed by atoms with van der Waals surface area (Å²) in [4.78, 5) is 26.2. The maximum absolute atomic E-state index is 13.4. The minimum atomic E-state index is -3.68. The van der Waals surface area contributed by atoms with Crippen molar-refractivity contribution in [2.24, 2.45) is 5.10 Å². The second-order valence-electron chi connectivity index (χ2n) is 9.37. The molecule has 0 radical (unpaired) electrons. The number of benzene rings is 2. The lowest BCUT2D eigenvalue weighted by molar-refractivity contribution is 0.0954. The molecule has 5 rings (SSSR count). The first-order valence-electron chi connectivity index (χ1n) is 12.6. The molecule has 39 heavy (non-hydrogen) atoms. The molecule has 1 aliphatic heterocycles. The zero-order valence-electron chi connectivity index (χ0n) is 21.3. The molecule has 200 valence electrons. The van der Waals surface area contributed by atoms with Gasteiger partial charge in [0, 0.05) is 36.0 Å². The average molecular weight is 547 g/mol. The number of nitrogens with one attached hydrogen (secondary N) is 1. The highest BCUT2D eigenvalue weighted by Crippen LogP contribution is 2.25. The molecule has 1 amide bonds. The Morgan fingerprint density at radius 2 is 1.69 bits per heavy atom. The lowest BCUT2D eigenvalue weighted by Crippen LogP contribution is -2.35. The third kappa shape index (κ3) is 5.25. The first-order valence-corrected chi connectivity index (χ1v) is 14.0. The Morgan fingerprint density at radius 3 is 2.44 bits per heavy atom. The highest BCUT2D eigenvalue weighted by atomic mass is 32.2. The van der Waals surface area contributed by atoms with Gasteiger partial charge in [0.2, 0.25) is 15.8 Å². The van der Waals surface area contributed by atoms with Crippen LogP contribution in [0.5, 0.6) is 0 Å². The summed E-state index contributed by atoms with van der Waals surface area (Å²) in [5, 5.41) is 4.11. The van der Waals surface area contributed by atoms with Crippen LogP contribution in [0.1, 0.15) is 56.8 Å². The minimum absolute atomic E-state index is 0.0688. The summed E-state index contributed by atoms with van der Waals surface area (Å²) >= 11 is 0. The van der Waals surface area contributed by atoms with Crippen LogP contribution >= 0.6 is 0 Å². The van der Waals surface area contributed by atoms with Gasteiger partial charge in [-0.2, -0.15) is 9.41 Å². The van der Waals surface area contributed by atoms with Gasteiger partial charge in [-0.15, -0.1) is 0 Å². The van der Waals surface area contributed by atoms with Gasteiger partial charge < -0.3 is 4.40 Å². The molecule has 1 N–H and O–H groups in total. The Labute approximate surface area is 225 Å². The van der Waals surface area contributed by atoms with E-state index in [1.807, 2.05) is 12.1 Å². The molecule has 2 aromatic carbocycles. The van der Waals surface area contributed by atoms with Gasteiger partial charge in [-0.05, 0) is 79.9 Å². The van der Waals surface area contributed by atoms with Crippen LogP contribution in [0.2, 0.25) is 0 Å². The van der Waals surface area contributed by atoms with Crippen molar-refractivity contribution in [3.63, 3.8) is 0 Å². The predicted octanol–water partition coefficient (Wildman–Crippen LogP) is 4.56. The number of amides is 1. The van der Waals surface area contributed by atoms with E-state index in [9.17, 15) is 22.4 Å². The summed E-state index contributed by atoms with van der Waals surface area (Å²) in [6.07, 6.45) is 5.85. The average Bonchev–Trinajstić information content (AvgIpc) is 3.24. The van der Waals surface area contributed by atoms with E-state index in [-0.39, 0.29) is 16.2 Å². The van der Waals surface area contributed by atoms with E-state index in [1.54, 1.807) is 23.6 Å². The normalized spacial score (nSPS) is 14.6. The molecule has 0 saturated carbocycles. The van der Waals surface area contributed by atoms with E-state index < -0.39 is 21.7 Å². The van der Waals surface area contributed by atoms with Crippen LogP contribution in [0.4, 0.5) is 4.39 Å². The number of fused-ring (bicyclic) bond motifs is 1. The zero-order valence-corrected chi connectivity index (χ0v) is 22.1. The Kier molecular flexibility index (Phi) is 7.40. The van der Waals surface area contributed by atoms with Crippen molar-refractivity contribution >= 4 is 33.4 Å². The number of hydrogen-bond donors (Lipinski definition) is 1. The Hall–Kier alpha value is -4.15. The maximum Gasteiger partial charge on any atom is 0.271 e. The third-order valence-corrected chi connectivity index (χ3v) is 8.76. The van der Waals surface area contributed by atoms with Crippen LogP contribution in [0, 0.1) is 12.7 Å². The predicted molar refractivity (Wildman–Crippen MR) is 146 cm³/mol. The van der Waals surface area contributed by atoms with Crippen LogP contribution in [0.15, 0.2) is 82.9 Å². The van der Waals surface area contributed by atoms with Gasteiger partial charge in [0.25, 0.3) is 5.91 Å². The molecule has 0 aliphatic carbocycles. The van der Waals surface area contributed by atoms with Crippen molar-refractivity contribution in [2.75, 3.05) is 13.1 Å². The first-order chi connectivity index (χ1) is 18.8. The Balaban J connectivity index is 1.39. The van der Waals surface area contributed by atoms with E-state index in [1.165, 1.54) is 59.1 Å². The smallest absolute Gasteiger partial charge is 0.271 e. The number of aromatic nitrogens is 1. The summed E-state index contributed by atoms with van der Waals surface area (Å²) in [6.45, 7) is 2.72. The molecule has 1 fully saturated rings. The SMILES string of the molecule is Cc1c(/C=N/NC(=O)c2cccc(S(=O)(=O)N3CCCCC3)c2)c2ccccn2c1C(=O)c1ccc(F)cc1. The molecule has 2 aromatic heterocycles. The summed E-state index contributed by atoms with van der Waals surface area (Å²) in [6, 6.07) is 16.7. The van der Waals surface area contributed by atoms with Gasteiger partial charge in [-0.3, -0.25) is 9.59 Å². The van der Waals surface area contributed by atoms with Crippen molar-refractivity contribution in [2.45, 2.75) is 31.1 Å². The molecule has 0 unspecified atom stereocenters. The molecule has 10 heteroatoms. The molecule has 3 heterocycles. The monoisotopic (exact) mass is 546 g/mol. The van der Waals surface area contributed by atoms with Gasteiger partial charge >= 0.3 is 0 Å².